The predicted octanol–water partition coefficient (Wildman–Crippen LogP) is -2.95. The van der Waals surface area contributed by atoms with Crippen LogP contribution in [0.15, 0.2) is 29.9 Å². The van der Waals surface area contributed by atoms with E-state index >= 15 is 4.79 Å². The Morgan fingerprint density at radius 3 is 1.83 bits per heavy atom. The number of fused-ring (bicyclic) bond motifs is 7. The number of carboxylic acids is 2. The lowest BCUT2D eigenvalue weighted by atomic mass is 9.33. The fourth-order valence-corrected chi connectivity index (χ4v) is 21.4. The molecular weight excluding hydrogens is 1610 g/mol. The monoisotopic (exact) mass is 1730 g/mol. The molecule has 0 spiro atoms. The van der Waals surface area contributed by atoms with Gasteiger partial charge in [0.25, 0.3) is 0 Å². The summed E-state index contributed by atoms with van der Waals surface area (Å²) in [7, 11) is 4.13. The van der Waals surface area contributed by atoms with Crippen molar-refractivity contribution < 1.29 is 196 Å². The summed E-state index contributed by atoms with van der Waals surface area (Å²) < 4.78 is 102. The Balaban J connectivity index is 0.879. The van der Waals surface area contributed by atoms with E-state index in [0.29, 0.717) is 24.8 Å². The molecule has 40 heteroatoms. The normalized spacial score (nSPS) is 45.8. The molecule has 5 aliphatic carbocycles. The molecule has 12 rings (SSSR count). The molecule has 1 aromatic rings. The second-order valence-corrected chi connectivity index (χ2v) is 36.4. The number of esters is 3. The maximum atomic E-state index is 16.4. The van der Waals surface area contributed by atoms with Crippen LogP contribution in [0.25, 0.3) is 6.08 Å². The van der Waals surface area contributed by atoms with Gasteiger partial charge in [-0.1, -0.05) is 39.3 Å². The summed E-state index contributed by atoms with van der Waals surface area (Å²) in [4.78, 5) is 69.6. The summed E-state index contributed by atoms with van der Waals surface area (Å²) in [6.07, 6.45) is -45.4. The third kappa shape index (κ3) is 17.6. The molecule has 37 atom stereocenters. The number of rotatable bonds is 27. The molecule has 684 valence electrons. The van der Waals surface area contributed by atoms with Crippen LogP contribution in [0, 0.1) is 50.2 Å². The van der Waals surface area contributed by atoms with E-state index in [1.165, 1.54) is 60.3 Å². The molecule has 0 bridgehead atoms. The van der Waals surface area contributed by atoms with Crippen LogP contribution in [0.4, 0.5) is 0 Å². The lowest BCUT2D eigenvalue weighted by Crippen LogP contribution is -2.71. The standard InChI is InChI=1S/C81H120O40/c1-34-50(91)61(115-48(89)15-12-36-22-42(105-9)60(107-11)43(23-36)106-10)63(119-69-57(98)62(118-71-64(99)81(104,33-111-71)32-110-49(90)27-75(5,103)26-47(87)88)58(35(2)113-69)116-67-56(97)59(41(86)30-109-67)117-66-54(95)51(92)40(85)29-108-66)70(112-34)121-73(102)79-19-18-74(3,4)24-38(79)37-13-14-45-76(6)25-39(84)65(120-68-55(96)53(94)52(93)44(28-82)114-68)78(8,72(100)101)46(76)16-17-77(45,7)80(37,31-83)21-20-79/h12-13,15,22-23,34-35,38-41,44-46,50-59,61-71,82-86,91-99,103-104H,14,16-21,24-33H2,1-11H3,(H,87,88)(H,100,101)/t34-,35+,38+,39+,40+,41-,44-,45-,46-,50+,51+,52-,53+,54-,55-,56-,57-,58+,59+,61+,62+,63-,64+,65+,66+,67+,68+,69+,70+,71+,75+,76-,77-,78+,79+,80+,81-/m1/s1. The minimum Gasteiger partial charge on any atom is -0.493 e. The molecule has 0 unspecified atom stereocenters. The van der Waals surface area contributed by atoms with Crippen molar-refractivity contribution in [3.05, 3.63) is 35.4 Å². The van der Waals surface area contributed by atoms with Crippen molar-refractivity contribution in [3.8, 4) is 17.2 Å². The molecular formula is C81H120O40. The van der Waals surface area contributed by atoms with E-state index in [1.54, 1.807) is 0 Å². The second kappa shape index (κ2) is 36.3. The van der Waals surface area contributed by atoms with Gasteiger partial charge in [-0.3, -0.25) is 19.2 Å². The molecule has 0 aromatic heterocycles. The minimum absolute atomic E-state index is 0.0508. The smallest absolute Gasteiger partial charge is 0.331 e. The molecule has 6 saturated heterocycles. The van der Waals surface area contributed by atoms with Gasteiger partial charge in [0.2, 0.25) is 12.0 Å². The molecule has 18 N–H and O–H groups in total. The van der Waals surface area contributed by atoms with Crippen molar-refractivity contribution in [2.24, 2.45) is 50.2 Å². The first-order chi connectivity index (χ1) is 56.8. The van der Waals surface area contributed by atoms with Crippen molar-refractivity contribution in [2.75, 3.05) is 61.0 Å². The van der Waals surface area contributed by atoms with Crippen molar-refractivity contribution >= 4 is 35.9 Å². The van der Waals surface area contributed by atoms with Crippen LogP contribution in [-0.2, 0) is 90.3 Å². The number of aliphatic hydroxyl groups excluding tert-OH is 14. The van der Waals surface area contributed by atoms with Gasteiger partial charge >= 0.3 is 29.8 Å². The molecule has 1 aromatic carbocycles. The fourth-order valence-electron chi connectivity index (χ4n) is 21.4. The van der Waals surface area contributed by atoms with E-state index < -0.39 is 310 Å². The van der Waals surface area contributed by atoms with E-state index in [0.717, 1.165) is 18.6 Å². The van der Waals surface area contributed by atoms with Gasteiger partial charge in [-0.25, -0.2) is 4.79 Å². The Morgan fingerprint density at radius 2 is 1.19 bits per heavy atom. The highest BCUT2D eigenvalue weighted by Gasteiger charge is 2.74. The van der Waals surface area contributed by atoms with Gasteiger partial charge in [0.15, 0.2) is 60.8 Å². The number of methoxy groups -OCH3 is 3. The first-order valence-corrected chi connectivity index (χ1v) is 40.9. The van der Waals surface area contributed by atoms with Gasteiger partial charge in [0.05, 0.1) is 102 Å². The molecule has 0 radical (unpaired) electrons. The van der Waals surface area contributed by atoms with Crippen molar-refractivity contribution in [1.29, 1.82) is 0 Å². The van der Waals surface area contributed by atoms with Crippen molar-refractivity contribution in [3.63, 3.8) is 0 Å². The van der Waals surface area contributed by atoms with Gasteiger partial charge in [0, 0.05) is 11.5 Å². The van der Waals surface area contributed by atoms with Crippen LogP contribution in [0.1, 0.15) is 132 Å². The molecule has 121 heavy (non-hydrogen) atoms. The number of ether oxygens (including phenoxy) is 17. The van der Waals surface area contributed by atoms with Gasteiger partial charge in [0.1, 0.15) is 104 Å². The summed E-state index contributed by atoms with van der Waals surface area (Å²) in [5, 5.41) is 203. The van der Waals surface area contributed by atoms with Crippen LogP contribution < -0.4 is 14.2 Å². The van der Waals surface area contributed by atoms with Gasteiger partial charge in [-0.2, -0.15) is 0 Å². The Bertz CT molecular complexity index is 3870. The van der Waals surface area contributed by atoms with E-state index in [1.807, 2.05) is 26.8 Å². The van der Waals surface area contributed by atoms with E-state index in [4.69, 9.17) is 80.5 Å². The third-order valence-corrected chi connectivity index (χ3v) is 28.1. The topological polar surface area (TPSA) is 606 Å². The Morgan fingerprint density at radius 1 is 0.587 bits per heavy atom. The van der Waals surface area contributed by atoms with Crippen LogP contribution in [0.3, 0.4) is 0 Å². The number of benzene rings is 1. The summed E-state index contributed by atoms with van der Waals surface area (Å²) in [6, 6.07) is 3.03. The zero-order valence-corrected chi connectivity index (χ0v) is 69.3. The summed E-state index contributed by atoms with van der Waals surface area (Å²) in [5.41, 5.74) is -10.5. The number of aliphatic carboxylic acids is 2. The quantitative estimate of drug-likeness (QED) is 0.0138. The first-order valence-electron chi connectivity index (χ1n) is 40.9. The summed E-state index contributed by atoms with van der Waals surface area (Å²) in [6.45, 7) is 8.90. The van der Waals surface area contributed by atoms with Gasteiger partial charge in [-0.05, 0) is 143 Å². The second-order valence-electron chi connectivity index (χ2n) is 36.4. The van der Waals surface area contributed by atoms with Crippen LogP contribution in [-0.4, -0.2) is 360 Å². The highest BCUT2D eigenvalue weighted by molar-refractivity contribution is 5.87. The number of carbonyl (C=O) groups is 5. The van der Waals surface area contributed by atoms with Crippen LogP contribution >= 0.6 is 0 Å². The Labute approximate surface area is 696 Å². The molecule has 4 saturated carbocycles. The third-order valence-electron chi connectivity index (χ3n) is 28.1. The molecule has 6 aliphatic heterocycles. The number of aliphatic hydroxyl groups is 16. The molecule has 6 heterocycles. The van der Waals surface area contributed by atoms with Gasteiger partial charge < -0.3 is 172 Å². The first kappa shape index (κ1) is 94.5. The summed E-state index contributed by atoms with van der Waals surface area (Å²) in [5.74, 6) is -7.33. The number of hydrogen-bond acceptors (Lipinski definition) is 38. The average Bonchev–Trinajstić information content (AvgIpc) is 0.998. The molecule has 11 aliphatic rings. The summed E-state index contributed by atoms with van der Waals surface area (Å²) >= 11 is 0. The van der Waals surface area contributed by atoms with Crippen LogP contribution in [0.2, 0.25) is 0 Å². The maximum Gasteiger partial charge on any atom is 0.331 e. The number of hydrogen-bond donors (Lipinski definition) is 18. The number of carbonyl (C=O) groups excluding carboxylic acids is 3. The average molecular weight is 1730 g/mol. The van der Waals surface area contributed by atoms with E-state index in [2.05, 4.69) is 6.92 Å². The largest absolute Gasteiger partial charge is 0.493 e. The lowest BCUT2D eigenvalue weighted by Gasteiger charge is -2.71. The minimum atomic E-state index is -2.55. The highest BCUT2D eigenvalue weighted by atomic mass is 16.8. The molecule has 10 fully saturated rings. The van der Waals surface area contributed by atoms with Gasteiger partial charge in [-0.15, -0.1) is 0 Å². The highest BCUT2D eigenvalue weighted by Crippen LogP contribution is 2.76. The predicted molar refractivity (Wildman–Crippen MR) is 402 cm³/mol. The Kier molecular flexibility index (Phi) is 28.3. The zero-order chi connectivity index (χ0) is 88.7. The van der Waals surface area contributed by atoms with E-state index in [-0.39, 0.29) is 55.8 Å². The zero-order valence-electron chi connectivity index (χ0n) is 69.3. The van der Waals surface area contributed by atoms with Crippen LogP contribution in [0.5, 0.6) is 17.2 Å². The van der Waals surface area contributed by atoms with E-state index in [9.17, 15) is 111 Å². The maximum absolute atomic E-state index is 16.4. The van der Waals surface area contributed by atoms with Crippen molar-refractivity contribution in [2.45, 2.75) is 303 Å². The molecule has 0 amide bonds. The lowest BCUT2D eigenvalue weighted by molar-refractivity contribution is -0.388. The fraction of sp³-hybridized carbons (Fsp3) is 0.815. The Hall–Kier alpha value is -5.63. The molecule has 40 nitrogen and oxygen atoms in total. The van der Waals surface area contributed by atoms with Crippen molar-refractivity contribution in [1.82, 2.24) is 0 Å². The number of carboxylic acid groups (broad SMARTS) is 2. The number of allylic oxidation sites excluding steroid dienone is 1. The SMILES string of the molecule is COc1cc(C=CC(=O)O[C@H]2[C@@H](O)[C@@H](C)O[C@@H](OC(=O)[C@]34CCC(C)(C)C[C@H]3C3=CC[C@@H]5[C@@]6(C)C[C@H](O)[C@H](O[C@@H]7O[C@H](CO)[C@@H](O)[C@H](O)[C@H]7O)[C@@](C)(C(=O)O)[C@@H]6CC[C@@]5(C)[C@]3(CO)CC4)[C@@H]2O[C@@H]2O[C@@H](C)[C@H](O[C@@H]3OC[C@@H](O)[C@H](O[C@@H]4OC[C@H](O)[C@H](O)[C@H]4O)[C@H]3O)[C@@H](O[C@@H]3OC[C@](O)(COC(=O)C[C@@](C)(O)CC(=O)O)[C@H]3O)[C@H]2O)cc(OC)c1OC.